The molecule has 1 saturated heterocycles. The van der Waals surface area contributed by atoms with Crippen LogP contribution in [0.25, 0.3) is 0 Å². The second kappa shape index (κ2) is 5.49. The van der Waals surface area contributed by atoms with E-state index in [1.165, 1.54) is 19.3 Å². The zero-order valence-corrected chi connectivity index (χ0v) is 11.3. The van der Waals surface area contributed by atoms with E-state index in [0.717, 1.165) is 5.82 Å². The maximum absolute atomic E-state index is 5.39. The number of nitrogen functional groups attached to an aromatic ring is 1. The maximum atomic E-state index is 5.39. The Balaban J connectivity index is 2.14. The van der Waals surface area contributed by atoms with Crippen LogP contribution in [0.3, 0.4) is 0 Å². The fourth-order valence-electron chi connectivity index (χ4n) is 2.47. The van der Waals surface area contributed by atoms with Gasteiger partial charge in [-0.1, -0.05) is 6.42 Å². The summed E-state index contributed by atoms with van der Waals surface area (Å²) in [6.07, 6.45) is 3.71. The minimum absolute atomic E-state index is 0.512. The Bertz CT molecular complexity index is 398. The Labute approximate surface area is 108 Å². The highest BCUT2D eigenvalue weighted by atomic mass is 15.5. The molecule has 1 aromatic heterocycles. The monoisotopic (exact) mass is 250 g/mol. The fourth-order valence-corrected chi connectivity index (χ4v) is 2.47. The first-order valence-corrected chi connectivity index (χ1v) is 6.47. The first-order valence-electron chi connectivity index (χ1n) is 6.47. The van der Waals surface area contributed by atoms with Gasteiger partial charge in [0.2, 0.25) is 0 Å². The smallest absolute Gasteiger partial charge is 0.146 e. The summed E-state index contributed by atoms with van der Waals surface area (Å²) >= 11 is 0. The molecule has 1 aliphatic rings. The predicted molar refractivity (Wildman–Crippen MR) is 72.8 cm³/mol. The number of hydrogen-bond donors (Lipinski definition) is 3. The lowest BCUT2D eigenvalue weighted by Gasteiger charge is -2.39. The van der Waals surface area contributed by atoms with Crippen LogP contribution < -0.4 is 16.7 Å². The van der Waals surface area contributed by atoms with Gasteiger partial charge in [-0.05, 0) is 33.6 Å². The molecule has 2 heterocycles. The second-order valence-corrected chi connectivity index (χ2v) is 4.98. The Morgan fingerprint density at radius 3 is 2.44 bits per heavy atom. The average molecular weight is 250 g/mol. The topological polar surface area (TPSA) is 79.1 Å². The van der Waals surface area contributed by atoms with Crippen molar-refractivity contribution in [3.63, 3.8) is 0 Å². The number of rotatable bonds is 3. The molecule has 1 aliphatic heterocycles. The van der Waals surface area contributed by atoms with Crippen molar-refractivity contribution in [3.8, 4) is 0 Å². The zero-order valence-electron chi connectivity index (χ0n) is 11.3. The fraction of sp³-hybridized carbons (Fsp3) is 0.667. The van der Waals surface area contributed by atoms with Gasteiger partial charge in [-0.15, -0.1) is 0 Å². The molecule has 1 fully saturated rings. The largest absolute Gasteiger partial charge is 0.308 e. The molecule has 0 amide bonds. The molecule has 0 spiro atoms. The third-order valence-electron chi connectivity index (χ3n) is 3.42. The number of aryl methyl sites for hydroxylation is 1. The first-order chi connectivity index (χ1) is 8.60. The van der Waals surface area contributed by atoms with Crippen molar-refractivity contribution < 1.29 is 0 Å². The van der Waals surface area contributed by atoms with Gasteiger partial charge in [0, 0.05) is 18.2 Å². The molecule has 2 rings (SSSR count). The molecule has 0 aromatic carbocycles. The Kier molecular flexibility index (Phi) is 3.98. The van der Waals surface area contributed by atoms with Crippen LogP contribution in [0.2, 0.25) is 0 Å². The SMILES string of the molecule is Cc1nc(NN)cc(NN2C(C)CCCC2C)n1. The third-order valence-corrected chi connectivity index (χ3v) is 3.42. The average Bonchev–Trinajstić information content (AvgIpc) is 2.33. The lowest BCUT2D eigenvalue weighted by atomic mass is 10.00. The van der Waals surface area contributed by atoms with Crippen LogP contribution in [-0.2, 0) is 0 Å². The lowest BCUT2D eigenvalue weighted by molar-refractivity contribution is 0.135. The molecular formula is C12H22N6. The summed E-state index contributed by atoms with van der Waals surface area (Å²) in [4.78, 5) is 8.56. The molecule has 6 heteroatoms. The number of aromatic nitrogens is 2. The molecule has 6 nitrogen and oxygen atoms in total. The predicted octanol–water partition coefficient (Wildman–Crippen LogP) is 1.66. The van der Waals surface area contributed by atoms with Crippen LogP contribution in [-0.4, -0.2) is 27.1 Å². The third kappa shape index (κ3) is 2.88. The molecule has 100 valence electrons. The number of piperidine rings is 1. The van der Waals surface area contributed by atoms with Crippen molar-refractivity contribution >= 4 is 11.6 Å². The molecular weight excluding hydrogens is 228 g/mol. The number of nitrogens with two attached hydrogens (primary N) is 1. The molecule has 0 bridgehead atoms. The minimum Gasteiger partial charge on any atom is -0.308 e. The van der Waals surface area contributed by atoms with Gasteiger partial charge in [0.05, 0.1) is 0 Å². The first kappa shape index (κ1) is 13.0. The number of hydrazine groups is 2. The van der Waals surface area contributed by atoms with Gasteiger partial charge < -0.3 is 10.9 Å². The van der Waals surface area contributed by atoms with Gasteiger partial charge in [-0.3, -0.25) is 0 Å². The number of hydrogen-bond acceptors (Lipinski definition) is 6. The highest BCUT2D eigenvalue weighted by Crippen LogP contribution is 2.23. The van der Waals surface area contributed by atoms with E-state index in [0.29, 0.717) is 23.7 Å². The summed E-state index contributed by atoms with van der Waals surface area (Å²) in [5.41, 5.74) is 5.94. The van der Waals surface area contributed by atoms with Crippen molar-refractivity contribution in [1.29, 1.82) is 0 Å². The van der Waals surface area contributed by atoms with Gasteiger partial charge in [0.25, 0.3) is 0 Å². The number of nitrogens with one attached hydrogen (secondary N) is 2. The number of nitrogens with zero attached hydrogens (tertiary/aromatic N) is 3. The van der Waals surface area contributed by atoms with E-state index in [4.69, 9.17) is 5.84 Å². The van der Waals surface area contributed by atoms with Crippen LogP contribution in [0.15, 0.2) is 6.07 Å². The molecule has 18 heavy (non-hydrogen) atoms. The Morgan fingerprint density at radius 1 is 1.22 bits per heavy atom. The van der Waals surface area contributed by atoms with Crippen LogP contribution in [0.4, 0.5) is 11.6 Å². The van der Waals surface area contributed by atoms with Gasteiger partial charge in [0.1, 0.15) is 17.5 Å². The van der Waals surface area contributed by atoms with Gasteiger partial charge in [0.15, 0.2) is 0 Å². The van der Waals surface area contributed by atoms with Crippen molar-refractivity contribution in [2.75, 3.05) is 10.9 Å². The van der Waals surface area contributed by atoms with E-state index in [1.54, 1.807) is 0 Å². The van der Waals surface area contributed by atoms with Crippen LogP contribution in [0, 0.1) is 6.92 Å². The van der Waals surface area contributed by atoms with Gasteiger partial charge >= 0.3 is 0 Å². The summed E-state index contributed by atoms with van der Waals surface area (Å²) in [6, 6.07) is 2.85. The highest BCUT2D eigenvalue weighted by molar-refractivity contribution is 5.46. The Morgan fingerprint density at radius 2 is 1.83 bits per heavy atom. The van der Waals surface area contributed by atoms with Gasteiger partial charge in [-0.2, -0.15) is 0 Å². The summed E-state index contributed by atoms with van der Waals surface area (Å²) < 4.78 is 0. The molecule has 2 atom stereocenters. The van der Waals surface area contributed by atoms with Crippen LogP contribution in [0.5, 0.6) is 0 Å². The van der Waals surface area contributed by atoms with Crippen LogP contribution >= 0.6 is 0 Å². The molecule has 0 saturated carbocycles. The summed E-state index contributed by atoms with van der Waals surface area (Å²) in [5, 5.41) is 2.27. The lowest BCUT2D eigenvalue weighted by Crippen LogP contribution is -2.47. The van der Waals surface area contributed by atoms with E-state index in [9.17, 15) is 0 Å². The second-order valence-electron chi connectivity index (χ2n) is 4.98. The summed E-state index contributed by atoms with van der Waals surface area (Å²) in [7, 11) is 0. The quantitative estimate of drug-likeness (QED) is 0.559. The zero-order chi connectivity index (χ0) is 13.1. The Hall–Kier alpha value is -1.40. The van der Waals surface area contributed by atoms with Crippen molar-refractivity contribution in [1.82, 2.24) is 15.0 Å². The van der Waals surface area contributed by atoms with E-state index < -0.39 is 0 Å². The van der Waals surface area contributed by atoms with Crippen molar-refractivity contribution in [2.45, 2.75) is 52.1 Å². The normalized spacial score (nSPS) is 24.9. The van der Waals surface area contributed by atoms with E-state index in [1.807, 2.05) is 13.0 Å². The summed E-state index contributed by atoms with van der Waals surface area (Å²) in [5.74, 6) is 7.51. The van der Waals surface area contributed by atoms with Crippen molar-refractivity contribution in [2.24, 2.45) is 5.84 Å². The van der Waals surface area contributed by atoms with E-state index in [2.05, 4.69) is 39.7 Å². The van der Waals surface area contributed by atoms with Crippen LogP contribution in [0.1, 0.15) is 38.9 Å². The van der Waals surface area contributed by atoms with Crippen molar-refractivity contribution in [3.05, 3.63) is 11.9 Å². The minimum atomic E-state index is 0.512. The molecule has 2 unspecified atom stereocenters. The summed E-state index contributed by atoms with van der Waals surface area (Å²) in [6.45, 7) is 6.33. The molecule has 4 N–H and O–H groups in total. The van der Waals surface area contributed by atoms with E-state index >= 15 is 0 Å². The highest BCUT2D eigenvalue weighted by Gasteiger charge is 2.25. The maximum Gasteiger partial charge on any atom is 0.146 e. The number of anilines is 2. The standard InChI is InChI=1S/C12H22N6/c1-8-5-4-6-9(2)18(8)17-12-7-11(16-13)14-10(3)15-12/h7-9H,4-6,13H2,1-3H3,(H2,14,15,16,17). The molecule has 1 aromatic rings. The molecule has 0 aliphatic carbocycles. The van der Waals surface area contributed by atoms with E-state index in [-0.39, 0.29) is 0 Å². The van der Waals surface area contributed by atoms with Gasteiger partial charge in [-0.25, -0.2) is 20.8 Å². The molecule has 0 radical (unpaired) electrons.